The second-order valence-corrected chi connectivity index (χ2v) is 3.51. The van der Waals surface area contributed by atoms with E-state index in [0.29, 0.717) is 11.5 Å². The van der Waals surface area contributed by atoms with Gasteiger partial charge in [-0.1, -0.05) is 12.1 Å². The Morgan fingerprint density at radius 1 is 1.31 bits per heavy atom. The number of fused-ring (bicyclic) bond motifs is 1. The van der Waals surface area contributed by atoms with Gasteiger partial charge in [0.15, 0.2) is 5.82 Å². The molecule has 0 atom stereocenters. The molecule has 1 aromatic heterocycles. The van der Waals surface area contributed by atoms with E-state index in [4.69, 9.17) is 0 Å². The predicted molar refractivity (Wildman–Crippen MR) is 58.5 cm³/mol. The number of halogens is 1. The molecular weight excluding hydrogens is 209 g/mol. The van der Waals surface area contributed by atoms with Crippen molar-refractivity contribution in [3.05, 3.63) is 30.2 Å². The summed E-state index contributed by atoms with van der Waals surface area (Å²) >= 11 is 0. The third kappa shape index (κ3) is 1.39. The Morgan fingerprint density at radius 2 is 2.12 bits per heavy atom. The smallest absolute Gasteiger partial charge is 0.216 e. The van der Waals surface area contributed by atoms with E-state index in [1.54, 1.807) is 18.3 Å². The summed E-state index contributed by atoms with van der Waals surface area (Å²) < 4.78 is 13.6. The molecule has 16 heavy (non-hydrogen) atoms. The van der Waals surface area contributed by atoms with Crippen molar-refractivity contribution in [2.75, 3.05) is 13.1 Å². The first kappa shape index (κ1) is 9.14. The summed E-state index contributed by atoms with van der Waals surface area (Å²) in [7, 11) is 0. The van der Waals surface area contributed by atoms with Crippen LogP contribution < -0.4 is 10.6 Å². The molecule has 0 bridgehead atoms. The summed E-state index contributed by atoms with van der Waals surface area (Å²) in [5, 5.41) is 15.0. The van der Waals surface area contributed by atoms with E-state index in [-0.39, 0.29) is 5.82 Å². The normalized spacial score (nSPS) is 14.9. The molecule has 5 nitrogen and oxygen atoms in total. The number of hydrogen-bond acceptors (Lipinski definition) is 2. The van der Waals surface area contributed by atoms with Crippen LogP contribution in [0.5, 0.6) is 0 Å². The van der Waals surface area contributed by atoms with E-state index in [9.17, 15) is 4.39 Å². The van der Waals surface area contributed by atoms with Crippen LogP contribution in [0.25, 0.3) is 10.9 Å². The van der Waals surface area contributed by atoms with Crippen molar-refractivity contribution < 1.29 is 4.39 Å². The number of nitrogens with zero attached hydrogens (tertiary/aromatic N) is 3. The number of nitrogens with one attached hydrogen (secondary N) is 2. The minimum Gasteiger partial charge on any atom is -0.353 e. The van der Waals surface area contributed by atoms with Crippen LogP contribution in [0.1, 0.15) is 0 Å². The van der Waals surface area contributed by atoms with Gasteiger partial charge in [0.2, 0.25) is 5.96 Å². The van der Waals surface area contributed by atoms with Gasteiger partial charge in [-0.05, 0) is 6.07 Å². The predicted octanol–water partition coefficient (Wildman–Crippen LogP) is 0.487. The molecule has 1 aliphatic heterocycles. The third-order valence-corrected chi connectivity index (χ3v) is 2.43. The van der Waals surface area contributed by atoms with E-state index in [1.807, 2.05) is 0 Å². The first-order valence-corrected chi connectivity index (χ1v) is 5.03. The summed E-state index contributed by atoms with van der Waals surface area (Å²) in [6.45, 7) is 1.64. The molecule has 2 aromatic rings. The van der Waals surface area contributed by atoms with Gasteiger partial charge in [0.25, 0.3) is 0 Å². The van der Waals surface area contributed by atoms with E-state index in [0.717, 1.165) is 18.5 Å². The first-order valence-electron chi connectivity index (χ1n) is 5.03. The maximum absolute atomic E-state index is 13.6. The van der Waals surface area contributed by atoms with Gasteiger partial charge < -0.3 is 10.6 Å². The molecule has 1 saturated heterocycles. The number of guanidine groups is 1. The summed E-state index contributed by atoms with van der Waals surface area (Å²) in [5.74, 6) is 0.297. The monoisotopic (exact) mass is 219 g/mol. The van der Waals surface area contributed by atoms with Crippen LogP contribution in [0.3, 0.4) is 0 Å². The van der Waals surface area contributed by atoms with Gasteiger partial charge in [0.05, 0.1) is 6.20 Å². The molecule has 6 heteroatoms. The van der Waals surface area contributed by atoms with Crippen LogP contribution in [0, 0.1) is 5.82 Å². The molecule has 82 valence electrons. The van der Waals surface area contributed by atoms with E-state index in [1.165, 1.54) is 10.9 Å². The molecular formula is C10H10FN5. The zero-order chi connectivity index (χ0) is 11.0. The lowest BCUT2D eigenvalue weighted by atomic mass is 10.2. The minimum absolute atomic E-state index is 0.322. The molecule has 1 fully saturated rings. The quantitative estimate of drug-likeness (QED) is 0.733. The summed E-state index contributed by atoms with van der Waals surface area (Å²) in [4.78, 5) is 1.30. The van der Waals surface area contributed by atoms with Crippen molar-refractivity contribution in [2.24, 2.45) is 5.10 Å². The molecule has 0 spiro atoms. The Balaban J connectivity index is 2.13. The van der Waals surface area contributed by atoms with Gasteiger partial charge in [0.1, 0.15) is 5.52 Å². The first-order chi connectivity index (χ1) is 7.84. The fourth-order valence-corrected chi connectivity index (χ4v) is 1.69. The van der Waals surface area contributed by atoms with Crippen LogP contribution in [0.4, 0.5) is 4.39 Å². The maximum Gasteiger partial charge on any atom is 0.216 e. The van der Waals surface area contributed by atoms with Crippen molar-refractivity contribution in [3.63, 3.8) is 0 Å². The second-order valence-electron chi connectivity index (χ2n) is 3.51. The zero-order valence-corrected chi connectivity index (χ0v) is 8.44. The molecule has 0 unspecified atom stereocenters. The number of benzene rings is 1. The van der Waals surface area contributed by atoms with Crippen molar-refractivity contribution in [1.82, 2.24) is 20.5 Å². The Hall–Kier alpha value is -2.11. The van der Waals surface area contributed by atoms with Crippen LogP contribution in [-0.4, -0.2) is 28.9 Å². The van der Waals surface area contributed by atoms with Crippen LogP contribution in [-0.2, 0) is 0 Å². The van der Waals surface area contributed by atoms with E-state index < -0.39 is 0 Å². The molecule has 0 amide bonds. The average Bonchev–Trinajstić information content (AvgIpc) is 2.90. The summed E-state index contributed by atoms with van der Waals surface area (Å²) in [6, 6.07) is 4.86. The summed E-state index contributed by atoms with van der Waals surface area (Å²) in [6.07, 6.45) is 1.59. The standard InChI is InChI=1S/C10H10FN5/c11-8-3-1-2-7-6-14-16(9(7)8)15-10-12-4-5-13-10/h1-3,6H,4-5H2,(H2,12,13,15). The van der Waals surface area contributed by atoms with Gasteiger partial charge in [-0.2, -0.15) is 5.10 Å². The van der Waals surface area contributed by atoms with Crippen molar-refractivity contribution >= 4 is 16.9 Å². The zero-order valence-electron chi connectivity index (χ0n) is 8.44. The van der Waals surface area contributed by atoms with E-state index >= 15 is 0 Å². The van der Waals surface area contributed by atoms with Crippen molar-refractivity contribution in [2.45, 2.75) is 0 Å². The molecule has 1 aromatic carbocycles. The van der Waals surface area contributed by atoms with Crippen LogP contribution >= 0.6 is 0 Å². The number of para-hydroxylation sites is 1. The number of hydrogen-bond donors (Lipinski definition) is 2. The largest absolute Gasteiger partial charge is 0.353 e. The van der Waals surface area contributed by atoms with E-state index in [2.05, 4.69) is 20.8 Å². The molecule has 2 heterocycles. The Kier molecular flexibility index (Phi) is 1.99. The highest BCUT2D eigenvalue weighted by molar-refractivity contribution is 5.83. The van der Waals surface area contributed by atoms with Gasteiger partial charge >= 0.3 is 0 Å². The summed E-state index contributed by atoms with van der Waals surface area (Å²) in [5.41, 5.74) is 0.394. The maximum atomic E-state index is 13.6. The van der Waals surface area contributed by atoms with Gasteiger partial charge in [-0.3, -0.25) is 0 Å². The second kappa shape index (κ2) is 3.48. The molecule has 0 saturated carbocycles. The topological polar surface area (TPSA) is 54.2 Å². The Morgan fingerprint density at radius 3 is 2.94 bits per heavy atom. The van der Waals surface area contributed by atoms with Crippen LogP contribution in [0.2, 0.25) is 0 Å². The fraction of sp³-hybridized carbons (Fsp3) is 0.200. The number of aromatic nitrogens is 2. The van der Waals surface area contributed by atoms with Crippen molar-refractivity contribution in [1.29, 1.82) is 0 Å². The highest BCUT2D eigenvalue weighted by Crippen LogP contribution is 2.16. The average molecular weight is 219 g/mol. The highest BCUT2D eigenvalue weighted by Gasteiger charge is 2.10. The molecule has 2 N–H and O–H groups in total. The van der Waals surface area contributed by atoms with Gasteiger partial charge in [-0.25, -0.2) is 4.39 Å². The third-order valence-electron chi connectivity index (χ3n) is 2.43. The van der Waals surface area contributed by atoms with Gasteiger partial charge in [-0.15, -0.1) is 9.89 Å². The van der Waals surface area contributed by atoms with Gasteiger partial charge in [0, 0.05) is 18.5 Å². The van der Waals surface area contributed by atoms with Crippen molar-refractivity contribution in [3.8, 4) is 0 Å². The fourth-order valence-electron chi connectivity index (χ4n) is 1.69. The molecule has 3 rings (SSSR count). The Labute approximate surface area is 90.9 Å². The highest BCUT2D eigenvalue weighted by atomic mass is 19.1. The lowest BCUT2D eigenvalue weighted by Gasteiger charge is -2.00. The molecule has 1 aliphatic rings. The SMILES string of the molecule is Fc1cccc2cnn(N=C3NCCN3)c12. The minimum atomic E-state index is -0.322. The lowest BCUT2D eigenvalue weighted by molar-refractivity contribution is 0.622. The molecule has 0 radical (unpaired) electrons. The molecule has 0 aliphatic carbocycles. The number of rotatable bonds is 1. The Bertz CT molecular complexity index is 551. The lowest BCUT2D eigenvalue weighted by Crippen LogP contribution is -2.25. The van der Waals surface area contributed by atoms with Crippen LogP contribution in [0.15, 0.2) is 29.5 Å².